The molecule has 4 atom stereocenters. The van der Waals surface area contributed by atoms with Crippen molar-refractivity contribution in [3.8, 4) is 0 Å². The second-order valence-corrected chi connectivity index (χ2v) is 5.35. The molecule has 1 aliphatic carbocycles. The largest absolute Gasteiger partial charge is 0.393 e. The highest BCUT2D eigenvalue weighted by Gasteiger charge is 2.33. The summed E-state index contributed by atoms with van der Waals surface area (Å²) in [7, 11) is 0. The van der Waals surface area contributed by atoms with E-state index in [9.17, 15) is 5.11 Å². The number of likely N-dealkylation sites (tertiary alicyclic amines) is 1. The molecule has 1 saturated carbocycles. The van der Waals surface area contributed by atoms with Gasteiger partial charge in [0.25, 0.3) is 0 Å². The maximum atomic E-state index is 9.56. The van der Waals surface area contributed by atoms with E-state index < -0.39 is 0 Å². The lowest BCUT2D eigenvalue weighted by Crippen LogP contribution is -2.46. The van der Waals surface area contributed by atoms with Crippen molar-refractivity contribution in [2.24, 2.45) is 5.92 Å². The van der Waals surface area contributed by atoms with Crippen molar-refractivity contribution in [1.82, 2.24) is 4.90 Å². The fraction of sp³-hybridized carbons (Fsp3) is 1.00. The number of aliphatic hydroxyl groups is 1. The minimum absolute atomic E-state index is 0.0237. The van der Waals surface area contributed by atoms with Crippen molar-refractivity contribution >= 4 is 0 Å². The Balaban J connectivity index is 1.94. The van der Waals surface area contributed by atoms with Crippen molar-refractivity contribution in [2.45, 2.75) is 64.1 Å². The van der Waals surface area contributed by atoms with Gasteiger partial charge in [-0.05, 0) is 44.9 Å². The smallest absolute Gasteiger partial charge is 0.0555 e. The van der Waals surface area contributed by atoms with Crippen LogP contribution >= 0.6 is 0 Å². The maximum Gasteiger partial charge on any atom is 0.0555 e. The van der Waals surface area contributed by atoms with Crippen LogP contribution in [0, 0.1) is 5.92 Å². The summed E-state index contributed by atoms with van der Waals surface area (Å²) in [5, 5.41) is 9.56. The summed E-state index contributed by atoms with van der Waals surface area (Å²) in [6.07, 6.45) is 5.93. The molecule has 0 aromatic heterocycles. The van der Waals surface area contributed by atoms with Gasteiger partial charge in [-0.2, -0.15) is 0 Å². The Morgan fingerprint density at radius 3 is 2.50 bits per heavy atom. The highest BCUT2D eigenvalue weighted by atomic mass is 16.3. The Hall–Kier alpha value is -0.0800. The molecule has 4 unspecified atom stereocenters. The van der Waals surface area contributed by atoms with Gasteiger partial charge in [-0.1, -0.05) is 6.92 Å². The predicted molar refractivity (Wildman–Crippen MR) is 58.2 cm³/mol. The topological polar surface area (TPSA) is 23.5 Å². The van der Waals surface area contributed by atoms with Gasteiger partial charge in [-0.25, -0.2) is 0 Å². The van der Waals surface area contributed by atoms with Gasteiger partial charge in [0.15, 0.2) is 0 Å². The molecule has 14 heavy (non-hydrogen) atoms. The van der Waals surface area contributed by atoms with E-state index in [0.717, 1.165) is 24.8 Å². The number of hydrogen-bond donors (Lipinski definition) is 1. The van der Waals surface area contributed by atoms with E-state index in [2.05, 4.69) is 18.7 Å². The van der Waals surface area contributed by atoms with Crippen LogP contribution in [0.2, 0.25) is 0 Å². The zero-order chi connectivity index (χ0) is 10.1. The first-order valence-corrected chi connectivity index (χ1v) is 6.10. The standard InChI is InChI=1S/C12H23NO/c1-9-3-4-10(2)13(8-9)11-5-6-12(14)7-11/h9-12,14H,3-8H2,1-2H3. The quantitative estimate of drug-likeness (QED) is 0.695. The summed E-state index contributed by atoms with van der Waals surface area (Å²) in [6.45, 7) is 5.94. The van der Waals surface area contributed by atoms with Crippen LogP contribution in [0.4, 0.5) is 0 Å². The molecule has 1 heterocycles. The van der Waals surface area contributed by atoms with Gasteiger partial charge in [-0.15, -0.1) is 0 Å². The van der Waals surface area contributed by atoms with E-state index in [1.54, 1.807) is 0 Å². The Morgan fingerprint density at radius 1 is 1.07 bits per heavy atom. The van der Waals surface area contributed by atoms with Crippen LogP contribution in [-0.2, 0) is 0 Å². The summed E-state index contributed by atoms with van der Waals surface area (Å²) < 4.78 is 0. The van der Waals surface area contributed by atoms with Crippen molar-refractivity contribution < 1.29 is 5.11 Å². The molecule has 0 spiro atoms. The van der Waals surface area contributed by atoms with Crippen LogP contribution in [-0.4, -0.2) is 34.7 Å². The van der Waals surface area contributed by atoms with E-state index in [4.69, 9.17) is 0 Å². The first-order chi connectivity index (χ1) is 6.66. The molecule has 0 aromatic carbocycles. The zero-order valence-corrected chi connectivity index (χ0v) is 9.45. The van der Waals surface area contributed by atoms with E-state index in [1.165, 1.54) is 25.8 Å². The molecule has 2 aliphatic rings. The average molecular weight is 197 g/mol. The highest BCUT2D eigenvalue weighted by molar-refractivity contribution is 4.88. The monoisotopic (exact) mass is 197 g/mol. The second kappa shape index (κ2) is 4.19. The summed E-state index contributed by atoms with van der Waals surface area (Å²) in [5.41, 5.74) is 0. The first kappa shape index (κ1) is 10.4. The Morgan fingerprint density at radius 2 is 1.86 bits per heavy atom. The van der Waals surface area contributed by atoms with Gasteiger partial charge in [0.2, 0.25) is 0 Å². The zero-order valence-electron chi connectivity index (χ0n) is 9.45. The van der Waals surface area contributed by atoms with E-state index >= 15 is 0 Å². The van der Waals surface area contributed by atoms with Gasteiger partial charge in [0, 0.05) is 18.6 Å². The molecule has 2 nitrogen and oxygen atoms in total. The summed E-state index contributed by atoms with van der Waals surface area (Å²) in [4.78, 5) is 2.64. The number of aliphatic hydroxyl groups excluding tert-OH is 1. The van der Waals surface area contributed by atoms with Gasteiger partial charge in [0.1, 0.15) is 0 Å². The fourth-order valence-electron chi connectivity index (χ4n) is 3.07. The third-order valence-electron chi connectivity index (χ3n) is 4.01. The maximum absolute atomic E-state index is 9.56. The second-order valence-electron chi connectivity index (χ2n) is 5.35. The molecule has 2 fully saturated rings. The highest BCUT2D eigenvalue weighted by Crippen LogP contribution is 2.31. The normalized spacial score (nSPS) is 45.6. The molecule has 1 N–H and O–H groups in total. The van der Waals surface area contributed by atoms with Crippen molar-refractivity contribution in [3.05, 3.63) is 0 Å². The SMILES string of the molecule is CC1CCC(C)N(C2CCC(O)C2)C1. The van der Waals surface area contributed by atoms with Crippen LogP contribution in [0.25, 0.3) is 0 Å². The molecule has 1 saturated heterocycles. The Bertz CT molecular complexity index is 195. The lowest BCUT2D eigenvalue weighted by molar-refractivity contribution is 0.0705. The predicted octanol–water partition coefficient (Wildman–Crippen LogP) is 2.02. The van der Waals surface area contributed by atoms with Gasteiger partial charge in [-0.3, -0.25) is 4.90 Å². The Labute approximate surface area is 87.3 Å². The van der Waals surface area contributed by atoms with Gasteiger partial charge < -0.3 is 5.11 Å². The minimum Gasteiger partial charge on any atom is -0.393 e. The van der Waals surface area contributed by atoms with Crippen molar-refractivity contribution in [1.29, 1.82) is 0 Å². The van der Waals surface area contributed by atoms with E-state index in [0.29, 0.717) is 6.04 Å². The molecule has 0 bridgehead atoms. The van der Waals surface area contributed by atoms with Gasteiger partial charge in [0.05, 0.1) is 6.10 Å². The molecule has 82 valence electrons. The Kier molecular flexibility index (Phi) is 3.13. The molecule has 2 heteroatoms. The number of nitrogens with zero attached hydrogens (tertiary/aromatic N) is 1. The summed E-state index contributed by atoms with van der Waals surface area (Å²) in [5.74, 6) is 0.851. The van der Waals surface area contributed by atoms with E-state index in [-0.39, 0.29) is 6.10 Å². The van der Waals surface area contributed by atoms with Crippen LogP contribution in [0.5, 0.6) is 0 Å². The lowest BCUT2D eigenvalue weighted by Gasteiger charge is -2.40. The molecule has 0 amide bonds. The van der Waals surface area contributed by atoms with E-state index in [1.807, 2.05) is 0 Å². The van der Waals surface area contributed by atoms with Crippen LogP contribution in [0.15, 0.2) is 0 Å². The lowest BCUT2D eigenvalue weighted by atomic mass is 9.93. The number of hydrogen-bond acceptors (Lipinski definition) is 2. The number of rotatable bonds is 1. The van der Waals surface area contributed by atoms with Crippen molar-refractivity contribution in [3.63, 3.8) is 0 Å². The molecule has 0 radical (unpaired) electrons. The fourth-order valence-corrected chi connectivity index (χ4v) is 3.07. The molecule has 1 aliphatic heterocycles. The third-order valence-corrected chi connectivity index (χ3v) is 4.01. The molecular formula is C12H23NO. The third kappa shape index (κ3) is 2.12. The summed E-state index contributed by atoms with van der Waals surface area (Å²) in [6, 6.07) is 1.41. The molecular weight excluding hydrogens is 174 g/mol. The summed E-state index contributed by atoms with van der Waals surface area (Å²) >= 11 is 0. The van der Waals surface area contributed by atoms with Gasteiger partial charge >= 0.3 is 0 Å². The number of piperidine rings is 1. The minimum atomic E-state index is -0.0237. The molecule has 0 aromatic rings. The van der Waals surface area contributed by atoms with Crippen LogP contribution in [0.3, 0.4) is 0 Å². The van der Waals surface area contributed by atoms with Crippen LogP contribution in [0.1, 0.15) is 46.0 Å². The molecule has 2 rings (SSSR count). The first-order valence-electron chi connectivity index (χ1n) is 6.10. The van der Waals surface area contributed by atoms with Crippen molar-refractivity contribution in [2.75, 3.05) is 6.54 Å². The average Bonchev–Trinajstić information content (AvgIpc) is 2.56. The van der Waals surface area contributed by atoms with Crippen LogP contribution < -0.4 is 0 Å².